The molecule has 2 aromatic heterocycles. The highest BCUT2D eigenvalue weighted by atomic mass is 16.5. The Labute approximate surface area is 80.7 Å². The molecule has 74 valence electrons. The number of hydrogen-bond acceptors (Lipinski definition) is 5. The summed E-state index contributed by atoms with van der Waals surface area (Å²) >= 11 is 0. The van der Waals surface area contributed by atoms with Crippen LogP contribution in [0.4, 0.5) is 0 Å². The van der Waals surface area contributed by atoms with E-state index in [9.17, 15) is 0 Å². The molecule has 0 unspecified atom stereocenters. The average Bonchev–Trinajstić information content (AvgIpc) is 2.74. The van der Waals surface area contributed by atoms with Crippen molar-refractivity contribution in [3.63, 3.8) is 0 Å². The van der Waals surface area contributed by atoms with Crippen LogP contribution in [0.2, 0.25) is 0 Å². The van der Waals surface area contributed by atoms with Crippen LogP contribution in [0.3, 0.4) is 0 Å². The Morgan fingerprint density at radius 3 is 3.07 bits per heavy atom. The van der Waals surface area contributed by atoms with Crippen LogP contribution in [0, 0.1) is 0 Å². The van der Waals surface area contributed by atoms with Crippen molar-refractivity contribution < 1.29 is 4.52 Å². The molecule has 0 spiro atoms. The van der Waals surface area contributed by atoms with Gasteiger partial charge < -0.3 is 14.8 Å². The second kappa shape index (κ2) is 3.59. The normalized spacial score (nSPS) is 10.7. The zero-order valence-corrected chi connectivity index (χ0v) is 7.84. The van der Waals surface area contributed by atoms with Crippen LogP contribution in [0.5, 0.6) is 0 Å². The molecule has 2 rings (SSSR count). The lowest BCUT2D eigenvalue weighted by atomic mass is 10.4. The third-order valence-corrected chi connectivity index (χ3v) is 1.87. The summed E-state index contributed by atoms with van der Waals surface area (Å²) in [6.07, 6.45) is 3.99. The van der Waals surface area contributed by atoms with E-state index in [1.54, 1.807) is 12.5 Å². The van der Waals surface area contributed by atoms with Crippen molar-refractivity contribution in [2.75, 3.05) is 6.54 Å². The maximum atomic E-state index is 5.38. The summed E-state index contributed by atoms with van der Waals surface area (Å²) in [5.74, 6) is 1.11. The molecular weight excluding hydrogens is 182 g/mol. The Morgan fingerprint density at radius 1 is 1.57 bits per heavy atom. The van der Waals surface area contributed by atoms with Crippen molar-refractivity contribution in [1.29, 1.82) is 0 Å². The Kier molecular flexibility index (Phi) is 2.28. The fourth-order valence-electron chi connectivity index (χ4n) is 1.15. The molecule has 0 aliphatic rings. The van der Waals surface area contributed by atoms with Crippen molar-refractivity contribution in [1.82, 2.24) is 19.7 Å². The van der Waals surface area contributed by atoms with Crippen LogP contribution in [-0.4, -0.2) is 26.2 Å². The van der Waals surface area contributed by atoms with Gasteiger partial charge in [0.1, 0.15) is 5.69 Å². The summed E-state index contributed by atoms with van der Waals surface area (Å²) in [6.45, 7) is 0.518. The molecule has 0 saturated heterocycles. The van der Waals surface area contributed by atoms with Crippen LogP contribution >= 0.6 is 0 Å². The third kappa shape index (κ3) is 1.51. The molecule has 0 aromatic carbocycles. The number of aryl methyl sites for hydroxylation is 1. The summed E-state index contributed by atoms with van der Waals surface area (Å²) in [7, 11) is 1.87. The number of nitrogens with zero attached hydrogens (tertiary/aromatic N) is 4. The average molecular weight is 193 g/mol. The van der Waals surface area contributed by atoms with Gasteiger partial charge in [0.15, 0.2) is 5.82 Å². The smallest absolute Gasteiger partial charge is 0.276 e. The molecule has 2 aromatic rings. The lowest BCUT2D eigenvalue weighted by molar-refractivity contribution is 0.420. The van der Waals surface area contributed by atoms with Crippen molar-refractivity contribution in [2.45, 2.75) is 6.42 Å². The van der Waals surface area contributed by atoms with Crippen molar-refractivity contribution in [3.05, 3.63) is 18.3 Å². The lowest BCUT2D eigenvalue weighted by Crippen LogP contribution is -2.03. The lowest BCUT2D eigenvalue weighted by Gasteiger charge is -1.92. The number of imidazole rings is 1. The second-order valence-corrected chi connectivity index (χ2v) is 2.94. The van der Waals surface area contributed by atoms with Gasteiger partial charge in [-0.3, -0.25) is 0 Å². The van der Waals surface area contributed by atoms with Crippen molar-refractivity contribution in [3.8, 4) is 11.6 Å². The third-order valence-electron chi connectivity index (χ3n) is 1.87. The van der Waals surface area contributed by atoms with E-state index in [0.717, 1.165) is 5.69 Å². The number of aromatic nitrogens is 4. The first-order valence-corrected chi connectivity index (χ1v) is 4.30. The van der Waals surface area contributed by atoms with Gasteiger partial charge in [-0.05, 0) is 6.54 Å². The van der Waals surface area contributed by atoms with Gasteiger partial charge in [0, 0.05) is 13.5 Å². The molecule has 0 amide bonds. The largest absolute Gasteiger partial charge is 0.332 e. The molecule has 0 atom stereocenters. The summed E-state index contributed by atoms with van der Waals surface area (Å²) < 4.78 is 6.88. The van der Waals surface area contributed by atoms with Gasteiger partial charge in [-0.25, -0.2) is 4.98 Å². The van der Waals surface area contributed by atoms with Gasteiger partial charge in [-0.2, -0.15) is 4.98 Å². The van der Waals surface area contributed by atoms with Crippen LogP contribution in [0.1, 0.15) is 5.82 Å². The Morgan fingerprint density at radius 2 is 2.43 bits per heavy atom. The molecule has 0 saturated carbocycles. The van der Waals surface area contributed by atoms with Crippen molar-refractivity contribution in [2.24, 2.45) is 12.8 Å². The van der Waals surface area contributed by atoms with Gasteiger partial charge in [0.25, 0.3) is 5.89 Å². The van der Waals surface area contributed by atoms with Crippen LogP contribution in [0.25, 0.3) is 11.6 Å². The Bertz CT molecular complexity index is 419. The van der Waals surface area contributed by atoms with E-state index in [2.05, 4.69) is 15.1 Å². The highest BCUT2D eigenvalue weighted by molar-refractivity contribution is 5.45. The standard InChI is InChI=1S/C8H11N5O/c1-13-5-10-4-6(13)8-11-7(2-3-9)12-14-8/h4-5H,2-3,9H2,1H3. The van der Waals surface area contributed by atoms with E-state index in [0.29, 0.717) is 24.7 Å². The molecule has 0 aliphatic carbocycles. The first kappa shape index (κ1) is 8.89. The molecule has 14 heavy (non-hydrogen) atoms. The summed E-state index contributed by atoms with van der Waals surface area (Å²) in [5.41, 5.74) is 6.19. The Balaban J connectivity index is 2.29. The molecule has 6 nitrogen and oxygen atoms in total. The molecular formula is C8H11N5O. The van der Waals surface area contributed by atoms with E-state index in [1.165, 1.54) is 0 Å². The summed E-state index contributed by atoms with van der Waals surface area (Å²) in [6, 6.07) is 0. The maximum absolute atomic E-state index is 5.38. The molecule has 2 N–H and O–H groups in total. The first-order chi connectivity index (χ1) is 6.81. The molecule has 0 aliphatic heterocycles. The molecule has 0 bridgehead atoms. The van der Waals surface area contributed by atoms with Gasteiger partial charge in [0.2, 0.25) is 0 Å². The van der Waals surface area contributed by atoms with Gasteiger partial charge in [-0.1, -0.05) is 5.16 Å². The monoisotopic (exact) mass is 193 g/mol. The highest BCUT2D eigenvalue weighted by Crippen LogP contribution is 2.14. The van der Waals surface area contributed by atoms with Crippen LogP contribution in [-0.2, 0) is 13.5 Å². The zero-order valence-electron chi connectivity index (χ0n) is 7.84. The van der Waals surface area contributed by atoms with Gasteiger partial charge in [0.05, 0.1) is 12.5 Å². The molecule has 0 fully saturated rings. The van der Waals surface area contributed by atoms with Crippen LogP contribution < -0.4 is 5.73 Å². The van der Waals surface area contributed by atoms with E-state index < -0.39 is 0 Å². The predicted molar refractivity (Wildman–Crippen MR) is 49.3 cm³/mol. The SMILES string of the molecule is Cn1cncc1-c1nc(CCN)no1. The molecule has 2 heterocycles. The minimum absolute atomic E-state index is 0.480. The van der Waals surface area contributed by atoms with Gasteiger partial charge in [-0.15, -0.1) is 0 Å². The fraction of sp³-hybridized carbons (Fsp3) is 0.375. The fourth-order valence-corrected chi connectivity index (χ4v) is 1.15. The van der Waals surface area contributed by atoms with E-state index >= 15 is 0 Å². The maximum Gasteiger partial charge on any atom is 0.276 e. The predicted octanol–water partition coefficient (Wildman–Crippen LogP) is -0.0287. The second-order valence-electron chi connectivity index (χ2n) is 2.94. The molecule has 6 heteroatoms. The van der Waals surface area contributed by atoms with E-state index in [4.69, 9.17) is 10.3 Å². The highest BCUT2D eigenvalue weighted by Gasteiger charge is 2.10. The number of nitrogens with two attached hydrogens (primary N) is 1. The van der Waals surface area contributed by atoms with Gasteiger partial charge >= 0.3 is 0 Å². The number of hydrogen-bond donors (Lipinski definition) is 1. The quantitative estimate of drug-likeness (QED) is 0.740. The minimum atomic E-state index is 0.480. The van der Waals surface area contributed by atoms with E-state index in [-0.39, 0.29) is 0 Å². The summed E-state index contributed by atoms with van der Waals surface area (Å²) in [4.78, 5) is 8.15. The topological polar surface area (TPSA) is 82.8 Å². The Hall–Kier alpha value is -1.69. The van der Waals surface area contributed by atoms with Crippen LogP contribution in [0.15, 0.2) is 17.0 Å². The zero-order chi connectivity index (χ0) is 9.97. The minimum Gasteiger partial charge on any atom is -0.332 e. The van der Waals surface area contributed by atoms with E-state index in [1.807, 2.05) is 11.6 Å². The number of rotatable bonds is 3. The first-order valence-electron chi connectivity index (χ1n) is 4.30. The molecule has 0 radical (unpaired) electrons. The van der Waals surface area contributed by atoms with Crippen molar-refractivity contribution >= 4 is 0 Å². The summed E-state index contributed by atoms with van der Waals surface area (Å²) in [5, 5.41) is 3.80.